The lowest BCUT2D eigenvalue weighted by molar-refractivity contribution is 0.0992. The second-order valence-corrected chi connectivity index (χ2v) is 8.10. The Morgan fingerprint density at radius 2 is 2.00 bits per heavy atom. The number of ether oxygens (including phenoxy) is 1. The van der Waals surface area contributed by atoms with E-state index in [4.69, 9.17) is 32.4 Å². The number of hydrogen-bond donors (Lipinski definition) is 1. The van der Waals surface area contributed by atoms with E-state index < -0.39 is 0 Å². The quantitative estimate of drug-likeness (QED) is 0.281. The molecule has 0 atom stereocenters. The molecule has 2 aromatic heterocycles. The fraction of sp³-hybridized carbons (Fsp3) is 0.120. The summed E-state index contributed by atoms with van der Waals surface area (Å²) in [5.74, 6) is 1.12. The van der Waals surface area contributed by atoms with Gasteiger partial charge in [-0.25, -0.2) is 0 Å². The third kappa shape index (κ3) is 5.86. The van der Waals surface area contributed by atoms with Crippen LogP contribution in [0.4, 0.5) is 5.69 Å². The van der Waals surface area contributed by atoms with Crippen LogP contribution in [0, 0.1) is 0 Å². The van der Waals surface area contributed by atoms with Crippen molar-refractivity contribution in [2.75, 3.05) is 5.32 Å². The molecule has 2 heterocycles. The number of furan rings is 1. The highest BCUT2D eigenvalue weighted by Crippen LogP contribution is 2.23. The molecule has 8 heteroatoms. The molecule has 0 bridgehead atoms. The van der Waals surface area contributed by atoms with Crippen LogP contribution in [0.2, 0.25) is 10.0 Å². The van der Waals surface area contributed by atoms with E-state index in [9.17, 15) is 4.79 Å². The van der Waals surface area contributed by atoms with Crippen molar-refractivity contribution in [3.63, 3.8) is 0 Å². The minimum absolute atomic E-state index is 0.185. The highest BCUT2D eigenvalue weighted by molar-refractivity contribution is 6.42. The molecule has 0 aliphatic carbocycles. The SMILES string of the molecule is C=CCc1ccccc1OCc1ccc(C(=O)Nc2cnn(Cc3ccc(Cl)c(Cl)c3)c2)o1. The van der Waals surface area contributed by atoms with E-state index in [1.54, 1.807) is 41.3 Å². The van der Waals surface area contributed by atoms with E-state index in [1.165, 1.54) is 0 Å². The summed E-state index contributed by atoms with van der Waals surface area (Å²) in [5.41, 5.74) is 2.53. The van der Waals surface area contributed by atoms with Crippen LogP contribution in [0.5, 0.6) is 5.75 Å². The fourth-order valence-electron chi connectivity index (χ4n) is 3.23. The number of halogens is 2. The molecule has 0 spiro atoms. The number of aromatic nitrogens is 2. The second kappa shape index (κ2) is 10.4. The summed E-state index contributed by atoms with van der Waals surface area (Å²) < 4.78 is 13.2. The van der Waals surface area contributed by atoms with Gasteiger partial charge in [0.1, 0.15) is 18.1 Å². The normalized spacial score (nSPS) is 10.7. The van der Waals surface area contributed by atoms with Crippen molar-refractivity contribution in [3.05, 3.63) is 112 Å². The van der Waals surface area contributed by atoms with Gasteiger partial charge in [0, 0.05) is 6.20 Å². The van der Waals surface area contributed by atoms with Crippen LogP contribution in [0.3, 0.4) is 0 Å². The number of amides is 1. The first-order chi connectivity index (χ1) is 16.0. The second-order valence-electron chi connectivity index (χ2n) is 7.28. The monoisotopic (exact) mass is 481 g/mol. The molecule has 0 saturated carbocycles. The maximum absolute atomic E-state index is 12.6. The van der Waals surface area contributed by atoms with Crippen molar-refractivity contribution in [1.82, 2.24) is 9.78 Å². The van der Waals surface area contributed by atoms with Crippen LogP contribution >= 0.6 is 23.2 Å². The molecule has 0 saturated heterocycles. The zero-order valence-corrected chi connectivity index (χ0v) is 19.1. The lowest BCUT2D eigenvalue weighted by atomic mass is 10.1. The lowest BCUT2D eigenvalue weighted by Crippen LogP contribution is -2.10. The summed E-state index contributed by atoms with van der Waals surface area (Å²) in [6.45, 7) is 4.47. The number of carbonyl (C=O) groups excluding carboxylic acids is 1. The first-order valence-corrected chi connectivity index (χ1v) is 11.0. The van der Waals surface area contributed by atoms with Crippen LogP contribution in [0.1, 0.15) is 27.4 Å². The standard InChI is InChI=1S/C25H21Cl2N3O3/c1-2-5-18-6-3-4-7-23(18)32-16-20-9-11-24(33-20)25(31)29-19-13-28-30(15-19)14-17-8-10-21(26)22(27)12-17/h2-4,6-13,15H,1,5,14,16H2,(H,29,31). The Balaban J connectivity index is 1.34. The van der Waals surface area contributed by atoms with Gasteiger partial charge in [-0.1, -0.05) is 53.5 Å². The molecule has 0 aliphatic heterocycles. The van der Waals surface area contributed by atoms with Gasteiger partial charge in [-0.15, -0.1) is 6.58 Å². The van der Waals surface area contributed by atoms with Crippen molar-refractivity contribution >= 4 is 34.8 Å². The molecular formula is C25H21Cl2N3O3. The Morgan fingerprint density at radius 1 is 1.15 bits per heavy atom. The number of benzene rings is 2. The van der Waals surface area contributed by atoms with E-state index in [-0.39, 0.29) is 18.3 Å². The fourth-order valence-corrected chi connectivity index (χ4v) is 3.55. The summed E-state index contributed by atoms with van der Waals surface area (Å²) in [4.78, 5) is 12.6. The maximum Gasteiger partial charge on any atom is 0.291 e. The van der Waals surface area contributed by atoms with E-state index >= 15 is 0 Å². The number of hydrogen-bond acceptors (Lipinski definition) is 4. The third-order valence-corrected chi connectivity index (χ3v) is 5.55. The average Bonchev–Trinajstić information content (AvgIpc) is 3.46. The minimum atomic E-state index is -0.373. The molecule has 33 heavy (non-hydrogen) atoms. The van der Waals surface area contributed by atoms with E-state index in [0.717, 1.165) is 16.9 Å². The van der Waals surface area contributed by atoms with Crippen LogP contribution < -0.4 is 10.1 Å². The predicted molar refractivity (Wildman–Crippen MR) is 129 cm³/mol. The van der Waals surface area contributed by atoms with Gasteiger partial charge < -0.3 is 14.5 Å². The Bertz CT molecular complexity index is 1280. The zero-order chi connectivity index (χ0) is 23.2. The van der Waals surface area contributed by atoms with Crippen molar-refractivity contribution in [1.29, 1.82) is 0 Å². The van der Waals surface area contributed by atoms with Gasteiger partial charge in [-0.05, 0) is 47.9 Å². The predicted octanol–water partition coefficient (Wildman–Crippen LogP) is 6.39. The average molecular weight is 482 g/mol. The molecule has 4 rings (SSSR count). The molecule has 6 nitrogen and oxygen atoms in total. The molecular weight excluding hydrogens is 461 g/mol. The van der Waals surface area contributed by atoms with Crippen LogP contribution in [-0.4, -0.2) is 15.7 Å². The summed E-state index contributed by atoms with van der Waals surface area (Å²) in [7, 11) is 0. The highest BCUT2D eigenvalue weighted by Gasteiger charge is 2.13. The molecule has 0 radical (unpaired) electrons. The molecule has 4 aromatic rings. The molecule has 1 amide bonds. The number of anilines is 1. The number of allylic oxidation sites excluding steroid dienone is 1. The Kier molecular flexibility index (Phi) is 7.17. The van der Waals surface area contributed by atoms with Gasteiger partial charge in [-0.3, -0.25) is 9.48 Å². The van der Waals surface area contributed by atoms with Crippen molar-refractivity contribution < 1.29 is 13.9 Å². The van der Waals surface area contributed by atoms with E-state index in [0.29, 0.717) is 34.5 Å². The van der Waals surface area contributed by atoms with Crippen LogP contribution in [0.25, 0.3) is 0 Å². The van der Waals surface area contributed by atoms with Gasteiger partial charge in [0.15, 0.2) is 5.76 Å². The number of rotatable bonds is 9. The van der Waals surface area contributed by atoms with Crippen molar-refractivity contribution in [2.24, 2.45) is 0 Å². The summed E-state index contributed by atoms with van der Waals surface area (Å²) >= 11 is 12.0. The molecule has 0 fully saturated rings. The van der Waals surface area contributed by atoms with Gasteiger partial charge in [0.25, 0.3) is 5.91 Å². The summed E-state index contributed by atoms with van der Waals surface area (Å²) in [6.07, 6.45) is 5.83. The van der Waals surface area contributed by atoms with Gasteiger partial charge in [0.2, 0.25) is 0 Å². The van der Waals surface area contributed by atoms with Gasteiger partial charge >= 0.3 is 0 Å². The maximum atomic E-state index is 12.6. The van der Waals surface area contributed by atoms with E-state index in [2.05, 4.69) is 17.0 Å². The van der Waals surface area contributed by atoms with Crippen molar-refractivity contribution in [3.8, 4) is 5.75 Å². The number of nitrogens with one attached hydrogen (secondary N) is 1. The lowest BCUT2D eigenvalue weighted by Gasteiger charge is -2.08. The Hall–Kier alpha value is -3.48. The minimum Gasteiger partial charge on any atom is -0.485 e. The number of para-hydroxylation sites is 1. The Labute approximate surface area is 201 Å². The van der Waals surface area contributed by atoms with E-state index in [1.807, 2.05) is 36.4 Å². The number of nitrogens with zero attached hydrogens (tertiary/aromatic N) is 2. The molecule has 2 aromatic carbocycles. The summed E-state index contributed by atoms with van der Waals surface area (Å²) in [6, 6.07) is 16.5. The third-order valence-electron chi connectivity index (χ3n) is 4.81. The first kappa shape index (κ1) is 22.7. The van der Waals surface area contributed by atoms with Crippen LogP contribution in [-0.2, 0) is 19.6 Å². The largest absolute Gasteiger partial charge is 0.485 e. The molecule has 168 valence electrons. The number of carbonyl (C=O) groups is 1. The molecule has 0 unspecified atom stereocenters. The van der Waals surface area contributed by atoms with Gasteiger partial charge in [-0.2, -0.15) is 5.10 Å². The summed E-state index contributed by atoms with van der Waals surface area (Å²) in [5, 5.41) is 8.03. The highest BCUT2D eigenvalue weighted by atomic mass is 35.5. The smallest absolute Gasteiger partial charge is 0.291 e. The molecule has 1 N–H and O–H groups in total. The zero-order valence-electron chi connectivity index (χ0n) is 17.6. The molecule has 0 aliphatic rings. The van der Waals surface area contributed by atoms with Gasteiger partial charge in [0.05, 0.1) is 28.5 Å². The first-order valence-electron chi connectivity index (χ1n) is 10.2. The topological polar surface area (TPSA) is 69.3 Å². The van der Waals surface area contributed by atoms with Crippen LogP contribution in [0.15, 0.2) is 84.1 Å². The Morgan fingerprint density at radius 3 is 2.82 bits per heavy atom. The van der Waals surface area contributed by atoms with Crippen molar-refractivity contribution in [2.45, 2.75) is 19.6 Å².